The highest BCUT2D eigenvalue weighted by molar-refractivity contribution is 6.23. The van der Waals surface area contributed by atoms with E-state index in [4.69, 9.17) is 0 Å². The molecule has 0 bridgehead atoms. The van der Waals surface area contributed by atoms with Crippen molar-refractivity contribution >= 4 is 43.4 Å². The average Bonchev–Trinajstić information content (AvgIpc) is 3.50. The zero-order chi connectivity index (χ0) is 32.9. The fourth-order valence-corrected chi connectivity index (χ4v) is 7.71. The third kappa shape index (κ3) is 4.27. The maximum atomic E-state index is 10.8. The molecule has 226 valence electrons. The van der Waals surface area contributed by atoms with Crippen LogP contribution in [0.2, 0.25) is 0 Å². The lowest BCUT2D eigenvalue weighted by atomic mass is 9.82. The minimum atomic E-state index is 0.562. The molecule has 0 saturated carbocycles. The highest BCUT2D eigenvalue weighted by Crippen LogP contribution is 2.48. The second-order valence-corrected chi connectivity index (χ2v) is 12.2. The molecule has 1 aromatic heterocycles. The molecule has 0 radical (unpaired) electrons. The Labute approximate surface area is 283 Å². The van der Waals surface area contributed by atoms with Gasteiger partial charge in [-0.05, 0) is 68.1 Å². The summed E-state index contributed by atoms with van der Waals surface area (Å²) in [6.07, 6.45) is 0. The lowest BCUT2D eigenvalue weighted by Crippen LogP contribution is -2.02. The Balaban J connectivity index is 1.45. The molecule has 3 heteroatoms. The van der Waals surface area contributed by atoms with Crippen LogP contribution in [0.4, 0.5) is 0 Å². The van der Waals surface area contributed by atoms with Gasteiger partial charge in [-0.3, -0.25) is 0 Å². The molecule has 3 nitrogen and oxygen atoms in total. The minimum Gasteiger partial charge on any atom is -0.307 e. The normalized spacial score (nSPS) is 11.2. The molecule has 8 aromatic carbocycles. The van der Waals surface area contributed by atoms with Crippen molar-refractivity contribution in [2.75, 3.05) is 0 Å². The van der Waals surface area contributed by atoms with Crippen molar-refractivity contribution in [3.05, 3.63) is 175 Å². The number of aromatic nitrogens is 1. The molecular formula is C46H27N3. The van der Waals surface area contributed by atoms with Gasteiger partial charge in [0, 0.05) is 21.9 Å². The van der Waals surface area contributed by atoms with Gasteiger partial charge in [-0.15, -0.1) is 0 Å². The van der Waals surface area contributed by atoms with E-state index in [0.29, 0.717) is 11.1 Å². The second-order valence-electron chi connectivity index (χ2n) is 12.2. The van der Waals surface area contributed by atoms with Crippen LogP contribution in [0, 0.1) is 22.7 Å². The van der Waals surface area contributed by atoms with Gasteiger partial charge in [0.15, 0.2) is 0 Å². The van der Waals surface area contributed by atoms with Crippen LogP contribution in [-0.2, 0) is 0 Å². The van der Waals surface area contributed by atoms with Crippen LogP contribution >= 0.6 is 0 Å². The van der Waals surface area contributed by atoms with Gasteiger partial charge in [0.05, 0.1) is 33.9 Å². The summed E-state index contributed by atoms with van der Waals surface area (Å²) in [4.78, 5) is 0. The summed E-state index contributed by atoms with van der Waals surface area (Å²) in [5, 5.41) is 28.0. The Morgan fingerprint density at radius 1 is 0.347 bits per heavy atom. The van der Waals surface area contributed by atoms with Gasteiger partial charge < -0.3 is 4.57 Å². The van der Waals surface area contributed by atoms with E-state index in [9.17, 15) is 10.5 Å². The molecule has 0 aliphatic rings. The number of nitriles is 2. The third-order valence-corrected chi connectivity index (χ3v) is 9.68. The maximum Gasteiger partial charge on any atom is 0.101 e. The highest BCUT2D eigenvalue weighted by atomic mass is 15.0. The molecule has 0 aliphatic heterocycles. The Bertz CT molecular complexity index is 2740. The zero-order valence-corrected chi connectivity index (χ0v) is 26.4. The molecule has 0 unspecified atom stereocenters. The summed E-state index contributed by atoms with van der Waals surface area (Å²) in [7, 11) is 0. The first-order valence-corrected chi connectivity index (χ1v) is 16.3. The second kappa shape index (κ2) is 11.4. The molecule has 0 amide bonds. The predicted molar refractivity (Wildman–Crippen MR) is 202 cm³/mol. The molecule has 9 rings (SSSR count). The number of benzene rings is 8. The summed E-state index contributed by atoms with van der Waals surface area (Å²) < 4.78 is 2.22. The lowest BCUT2D eigenvalue weighted by Gasteiger charge is -2.22. The van der Waals surface area contributed by atoms with E-state index in [0.717, 1.165) is 76.9 Å². The van der Waals surface area contributed by atoms with Gasteiger partial charge in [-0.1, -0.05) is 140 Å². The summed E-state index contributed by atoms with van der Waals surface area (Å²) in [6, 6.07) is 61.2. The van der Waals surface area contributed by atoms with Crippen molar-refractivity contribution in [2.24, 2.45) is 0 Å². The monoisotopic (exact) mass is 621 g/mol. The Morgan fingerprint density at radius 2 is 0.796 bits per heavy atom. The van der Waals surface area contributed by atoms with E-state index in [2.05, 4.69) is 138 Å². The molecule has 0 fully saturated rings. The Kier molecular flexibility index (Phi) is 6.58. The molecule has 49 heavy (non-hydrogen) atoms. The van der Waals surface area contributed by atoms with Gasteiger partial charge in [-0.25, -0.2) is 0 Å². The molecule has 9 aromatic rings. The van der Waals surface area contributed by atoms with Crippen LogP contribution in [0.1, 0.15) is 11.1 Å². The quantitative estimate of drug-likeness (QED) is 0.184. The van der Waals surface area contributed by atoms with Crippen molar-refractivity contribution in [1.82, 2.24) is 4.57 Å². The zero-order valence-electron chi connectivity index (χ0n) is 26.4. The standard InChI is InChI=1S/C46H27N3/c47-28-31-16-12-24-39(40-25-13-17-32(29-48)46(40)49-41-26-10-8-18-33(41)34-19-9-11-27-42(34)49)44(31)45-37-22-6-4-20-35(37)43(30-14-2-1-3-15-30)36-21-5-7-23-38(36)45/h1-27H. The molecule has 0 spiro atoms. The SMILES string of the molecule is N#Cc1cccc(-c2cccc(C#N)c2-n2c3ccccc3c3ccccc32)c1-c1c2ccccc2c(-c2ccccc2)c2ccccc12. The number of hydrogen-bond acceptors (Lipinski definition) is 2. The predicted octanol–water partition coefficient (Wildman–Crippen LogP) is 11.8. The topological polar surface area (TPSA) is 52.5 Å². The van der Waals surface area contributed by atoms with Crippen LogP contribution in [0.3, 0.4) is 0 Å². The van der Waals surface area contributed by atoms with Crippen LogP contribution in [0.25, 0.3) is 82.4 Å². The van der Waals surface area contributed by atoms with E-state index in [1.807, 2.05) is 42.5 Å². The number of hydrogen-bond donors (Lipinski definition) is 0. The summed E-state index contributed by atoms with van der Waals surface area (Å²) >= 11 is 0. The number of rotatable bonds is 4. The number of para-hydroxylation sites is 3. The van der Waals surface area contributed by atoms with Crippen molar-refractivity contribution in [3.63, 3.8) is 0 Å². The van der Waals surface area contributed by atoms with Crippen LogP contribution in [-0.4, -0.2) is 4.57 Å². The van der Waals surface area contributed by atoms with Gasteiger partial charge >= 0.3 is 0 Å². The Morgan fingerprint density at radius 3 is 1.35 bits per heavy atom. The fraction of sp³-hybridized carbons (Fsp3) is 0. The van der Waals surface area contributed by atoms with Gasteiger partial charge in [0.1, 0.15) is 6.07 Å². The summed E-state index contributed by atoms with van der Waals surface area (Å²) in [6.45, 7) is 0. The maximum absolute atomic E-state index is 10.8. The van der Waals surface area contributed by atoms with Crippen LogP contribution in [0.5, 0.6) is 0 Å². The Hall–Kier alpha value is -6.94. The van der Waals surface area contributed by atoms with Crippen molar-refractivity contribution < 1.29 is 0 Å². The van der Waals surface area contributed by atoms with Gasteiger partial charge in [0.2, 0.25) is 0 Å². The first-order chi connectivity index (χ1) is 24.3. The molecule has 1 heterocycles. The summed E-state index contributed by atoms with van der Waals surface area (Å²) in [5.74, 6) is 0. The van der Waals surface area contributed by atoms with Gasteiger partial charge in [-0.2, -0.15) is 10.5 Å². The largest absolute Gasteiger partial charge is 0.307 e. The van der Waals surface area contributed by atoms with E-state index in [-0.39, 0.29) is 0 Å². The molecule has 0 aliphatic carbocycles. The third-order valence-electron chi connectivity index (χ3n) is 9.68. The van der Waals surface area contributed by atoms with E-state index >= 15 is 0 Å². The number of fused-ring (bicyclic) bond motifs is 5. The number of nitrogens with zero attached hydrogens (tertiary/aromatic N) is 3. The van der Waals surface area contributed by atoms with E-state index in [1.54, 1.807) is 0 Å². The van der Waals surface area contributed by atoms with E-state index in [1.165, 1.54) is 5.56 Å². The lowest BCUT2D eigenvalue weighted by molar-refractivity contribution is 1.17. The van der Waals surface area contributed by atoms with Crippen molar-refractivity contribution in [3.8, 4) is 51.2 Å². The van der Waals surface area contributed by atoms with Crippen molar-refractivity contribution in [1.29, 1.82) is 10.5 Å². The molecule has 0 atom stereocenters. The smallest absolute Gasteiger partial charge is 0.101 e. The molecular weight excluding hydrogens is 595 g/mol. The summed E-state index contributed by atoms with van der Waals surface area (Å²) in [5.41, 5.74) is 9.95. The molecule has 0 N–H and O–H groups in total. The first kappa shape index (κ1) is 28.3. The average molecular weight is 622 g/mol. The van der Waals surface area contributed by atoms with Crippen LogP contribution < -0.4 is 0 Å². The highest BCUT2D eigenvalue weighted by Gasteiger charge is 2.24. The fourth-order valence-electron chi connectivity index (χ4n) is 7.71. The minimum absolute atomic E-state index is 0.562. The van der Waals surface area contributed by atoms with Crippen molar-refractivity contribution in [2.45, 2.75) is 0 Å². The first-order valence-electron chi connectivity index (χ1n) is 16.3. The van der Waals surface area contributed by atoms with E-state index < -0.39 is 0 Å². The molecule has 0 saturated heterocycles. The van der Waals surface area contributed by atoms with Crippen LogP contribution in [0.15, 0.2) is 164 Å². The van der Waals surface area contributed by atoms with Gasteiger partial charge in [0.25, 0.3) is 0 Å².